The second-order valence-corrected chi connectivity index (χ2v) is 14.0. The van der Waals surface area contributed by atoms with Gasteiger partial charge < -0.3 is 14.2 Å². The van der Waals surface area contributed by atoms with E-state index in [2.05, 4.69) is 20.8 Å². The largest absolute Gasteiger partial charge is 0.466 e. The molecule has 0 N–H and O–H groups in total. The SMILES string of the molecule is CCCCCCCCC(CCCCCCCC)CC(=O)OCCC(CCCCCCCCCCOC(=O)CCCCCCC)OC=O. The van der Waals surface area contributed by atoms with Crippen LogP contribution >= 0.6 is 0 Å². The summed E-state index contributed by atoms with van der Waals surface area (Å²) >= 11 is 0. The average Bonchev–Trinajstić information content (AvgIpc) is 3.06. The Bertz CT molecular complexity index is 665. The van der Waals surface area contributed by atoms with E-state index in [-0.39, 0.29) is 18.0 Å². The van der Waals surface area contributed by atoms with Crippen LogP contribution in [0.3, 0.4) is 0 Å². The molecule has 0 aliphatic carbocycles. The van der Waals surface area contributed by atoms with Crippen LogP contribution in [-0.2, 0) is 28.6 Å². The third-order valence-electron chi connectivity index (χ3n) is 9.51. The maximum atomic E-state index is 12.7. The fraction of sp³-hybridized carbons (Fsp3) is 0.927. The lowest BCUT2D eigenvalue weighted by Gasteiger charge is -2.18. The number of ether oxygens (including phenoxy) is 3. The summed E-state index contributed by atoms with van der Waals surface area (Å²) in [4.78, 5) is 35.6. The zero-order valence-electron chi connectivity index (χ0n) is 31.5. The van der Waals surface area contributed by atoms with Crippen LogP contribution in [0.5, 0.6) is 0 Å². The summed E-state index contributed by atoms with van der Waals surface area (Å²) in [6.45, 7) is 8.12. The van der Waals surface area contributed by atoms with Crippen molar-refractivity contribution in [1.29, 1.82) is 0 Å². The van der Waals surface area contributed by atoms with E-state index in [1.165, 1.54) is 122 Å². The molecule has 0 saturated carbocycles. The number of rotatable bonds is 38. The lowest BCUT2D eigenvalue weighted by molar-refractivity contribution is -0.146. The van der Waals surface area contributed by atoms with Gasteiger partial charge in [0.05, 0.1) is 13.2 Å². The molecule has 0 aromatic carbocycles. The number of esters is 2. The molecule has 0 aliphatic rings. The van der Waals surface area contributed by atoms with Gasteiger partial charge in [-0.05, 0) is 44.4 Å². The van der Waals surface area contributed by atoms with Crippen LogP contribution < -0.4 is 0 Å². The van der Waals surface area contributed by atoms with Crippen LogP contribution in [0.25, 0.3) is 0 Å². The molecule has 1 unspecified atom stereocenters. The fourth-order valence-electron chi connectivity index (χ4n) is 6.40. The third kappa shape index (κ3) is 34.1. The molecule has 1 atom stereocenters. The van der Waals surface area contributed by atoms with Gasteiger partial charge in [0.15, 0.2) is 0 Å². The quantitative estimate of drug-likeness (QED) is 0.0282. The van der Waals surface area contributed by atoms with Gasteiger partial charge in [-0.2, -0.15) is 0 Å². The lowest BCUT2D eigenvalue weighted by Crippen LogP contribution is -2.18. The minimum atomic E-state index is -0.179. The van der Waals surface area contributed by atoms with E-state index in [0.29, 0.717) is 44.9 Å². The predicted octanol–water partition coefficient (Wildman–Crippen LogP) is 12.4. The van der Waals surface area contributed by atoms with E-state index in [0.717, 1.165) is 57.8 Å². The maximum absolute atomic E-state index is 12.7. The van der Waals surface area contributed by atoms with E-state index in [1.807, 2.05) is 0 Å². The molecule has 0 aliphatic heterocycles. The summed E-state index contributed by atoms with van der Waals surface area (Å²) in [6, 6.07) is 0. The molecule has 47 heavy (non-hydrogen) atoms. The Morgan fingerprint density at radius 3 is 1.40 bits per heavy atom. The van der Waals surface area contributed by atoms with Crippen molar-refractivity contribution in [1.82, 2.24) is 0 Å². The Morgan fingerprint density at radius 1 is 0.468 bits per heavy atom. The van der Waals surface area contributed by atoms with Crippen molar-refractivity contribution >= 4 is 18.4 Å². The van der Waals surface area contributed by atoms with Gasteiger partial charge in [-0.15, -0.1) is 0 Å². The van der Waals surface area contributed by atoms with E-state index in [9.17, 15) is 14.4 Å². The maximum Gasteiger partial charge on any atom is 0.306 e. The standard InChI is InChI=1S/C41H78O6/c1-4-7-10-13-20-24-29-38(30-25-21-14-11-8-5-2)36-41(44)46-35-33-39(47-37-42)31-26-22-17-15-16-18-23-28-34-45-40(43)32-27-19-12-9-6-3/h37-39H,4-36H2,1-3H3. The molecule has 0 saturated heterocycles. The first kappa shape index (κ1) is 45.4. The summed E-state index contributed by atoms with van der Waals surface area (Å²) in [5.41, 5.74) is 0. The molecule has 0 heterocycles. The second-order valence-electron chi connectivity index (χ2n) is 14.0. The Kier molecular flexibility index (Phi) is 36.0. The number of hydrogen-bond donors (Lipinski definition) is 0. The van der Waals surface area contributed by atoms with Crippen LogP contribution in [0, 0.1) is 5.92 Å². The zero-order chi connectivity index (χ0) is 34.5. The topological polar surface area (TPSA) is 78.9 Å². The Balaban J connectivity index is 4.03. The van der Waals surface area contributed by atoms with Crippen LogP contribution in [-0.4, -0.2) is 37.7 Å². The highest BCUT2D eigenvalue weighted by Crippen LogP contribution is 2.23. The monoisotopic (exact) mass is 667 g/mol. The predicted molar refractivity (Wildman–Crippen MR) is 196 cm³/mol. The van der Waals surface area contributed by atoms with E-state index in [4.69, 9.17) is 14.2 Å². The highest BCUT2D eigenvalue weighted by atomic mass is 16.5. The molecular weight excluding hydrogens is 588 g/mol. The number of unbranched alkanes of at least 4 members (excludes halogenated alkanes) is 21. The van der Waals surface area contributed by atoms with Gasteiger partial charge in [0.1, 0.15) is 6.10 Å². The molecule has 0 aromatic rings. The third-order valence-corrected chi connectivity index (χ3v) is 9.51. The summed E-state index contributed by atoms with van der Waals surface area (Å²) in [7, 11) is 0. The normalized spacial score (nSPS) is 11.9. The van der Waals surface area contributed by atoms with Crippen molar-refractivity contribution in [3.63, 3.8) is 0 Å². The van der Waals surface area contributed by atoms with Crippen LogP contribution in [0.1, 0.15) is 220 Å². The second kappa shape index (κ2) is 37.2. The van der Waals surface area contributed by atoms with Crippen LogP contribution in [0.15, 0.2) is 0 Å². The first-order valence-corrected chi connectivity index (χ1v) is 20.5. The Hall–Kier alpha value is -1.59. The van der Waals surface area contributed by atoms with Crippen molar-refractivity contribution in [2.75, 3.05) is 13.2 Å². The molecule has 0 spiro atoms. The molecule has 0 radical (unpaired) electrons. The molecule has 0 rings (SSSR count). The van der Waals surface area contributed by atoms with Gasteiger partial charge in [-0.3, -0.25) is 14.4 Å². The fourth-order valence-corrected chi connectivity index (χ4v) is 6.40. The van der Waals surface area contributed by atoms with Crippen molar-refractivity contribution in [2.24, 2.45) is 5.92 Å². The average molecular weight is 667 g/mol. The van der Waals surface area contributed by atoms with Gasteiger partial charge >= 0.3 is 11.9 Å². The van der Waals surface area contributed by atoms with Crippen molar-refractivity contribution in [3.8, 4) is 0 Å². The Morgan fingerprint density at radius 2 is 0.894 bits per heavy atom. The molecule has 0 amide bonds. The number of hydrogen-bond acceptors (Lipinski definition) is 6. The van der Waals surface area contributed by atoms with Gasteiger partial charge in [-0.1, -0.05) is 162 Å². The van der Waals surface area contributed by atoms with Crippen molar-refractivity contribution < 1.29 is 28.6 Å². The van der Waals surface area contributed by atoms with Crippen LogP contribution in [0.2, 0.25) is 0 Å². The smallest absolute Gasteiger partial charge is 0.306 e. The van der Waals surface area contributed by atoms with Gasteiger partial charge in [-0.25, -0.2) is 0 Å². The summed E-state index contributed by atoms with van der Waals surface area (Å²) in [6.07, 6.45) is 34.7. The summed E-state index contributed by atoms with van der Waals surface area (Å²) in [5.74, 6) is 0.296. The molecular formula is C41H78O6. The number of carbonyl (C=O) groups excluding carboxylic acids is 3. The highest BCUT2D eigenvalue weighted by molar-refractivity contribution is 5.69. The van der Waals surface area contributed by atoms with E-state index < -0.39 is 0 Å². The number of carbonyl (C=O) groups is 3. The van der Waals surface area contributed by atoms with Crippen molar-refractivity contribution in [3.05, 3.63) is 0 Å². The summed E-state index contributed by atoms with van der Waals surface area (Å²) < 4.78 is 16.3. The summed E-state index contributed by atoms with van der Waals surface area (Å²) in [5, 5.41) is 0. The lowest BCUT2D eigenvalue weighted by atomic mass is 9.91. The molecule has 6 heteroatoms. The Labute approximate surface area is 291 Å². The first-order chi connectivity index (χ1) is 23.1. The first-order valence-electron chi connectivity index (χ1n) is 20.5. The molecule has 0 aromatic heterocycles. The van der Waals surface area contributed by atoms with E-state index in [1.54, 1.807) is 0 Å². The zero-order valence-corrected chi connectivity index (χ0v) is 31.5. The van der Waals surface area contributed by atoms with E-state index >= 15 is 0 Å². The molecule has 6 nitrogen and oxygen atoms in total. The highest BCUT2D eigenvalue weighted by Gasteiger charge is 2.16. The molecule has 0 bridgehead atoms. The van der Waals surface area contributed by atoms with Crippen LogP contribution in [0.4, 0.5) is 0 Å². The van der Waals surface area contributed by atoms with Gasteiger partial charge in [0.2, 0.25) is 0 Å². The van der Waals surface area contributed by atoms with Crippen molar-refractivity contribution in [2.45, 2.75) is 226 Å². The molecule has 0 fully saturated rings. The minimum Gasteiger partial charge on any atom is -0.466 e. The molecule has 278 valence electrons. The van der Waals surface area contributed by atoms with Gasteiger partial charge in [0.25, 0.3) is 6.47 Å². The minimum absolute atomic E-state index is 0.0391. The van der Waals surface area contributed by atoms with Gasteiger partial charge in [0, 0.05) is 19.3 Å².